The monoisotopic (exact) mass is 352 g/mol. The second-order valence-electron chi connectivity index (χ2n) is 5.66. The molecule has 2 heterocycles. The minimum absolute atomic E-state index is 0.0613. The maximum Gasteiger partial charge on any atom is 0.253 e. The highest BCUT2D eigenvalue weighted by Crippen LogP contribution is 2.14. The van der Waals surface area contributed by atoms with Gasteiger partial charge in [-0.2, -0.15) is 0 Å². The van der Waals surface area contributed by atoms with Crippen LogP contribution in [0.15, 0.2) is 36.4 Å². The summed E-state index contributed by atoms with van der Waals surface area (Å²) in [4.78, 5) is 35.8. The number of aromatic nitrogens is 4. The smallest absolute Gasteiger partial charge is 0.253 e. The van der Waals surface area contributed by atoms with Gasteiger partial charge in [0.25, 0.3) is 11.8 Å². The molecule has 26 heavy (non-hydrogen) atoms. The molecule has 0 aliphatic carbocycles. The van der Waals surface area contributed by atoms with Gasteiger partial charge < -0.3 is 5.32 Å². The van der Waals surface area contributed by atoms with Crippen LogP contribution in [0.1, 0.15) is 17.8 Å². The Morgan fingerprint density at radius 1 is 1.00 bits per heavy atom. The third kappa shape index (κ3) is 4.12. The van der Waals surface area contributed by atoms with Gasteiger partial charge in [-0.25, -0.2) is 0 Å². The van der Waals surface area contributed by atoms with Gasteiger partial charge in [-0.05, 0) is 12.5 Å². The van der Waals surface area contributed by atoms with Crippen LogP contribution >= 0.6 is 0 Å². The highest BCUT2D eigenvalue weighted by Gasteiger charge is 2.23. The van der Waals surface area contributed by atoms with E-state index in [1.807, 2.05) is 24.3 Å². The zero-order valence-corrected chi connectivity index (χ0v) is 14.0. The first kappa shape index (κ1) is 17.3. The first-order valence-electron chi connectivity index (χ1n) is 7.96. The van der Waals surface area contributed by atoms with Crippen LogP contribution in [0, 0.1) is 6.92 Å². The highest BCUT2D eigenvalue weighted by molar-refractivity contribution is 6.13. The maximum atomic E-state index is 11.9. The summed E-state index contributed by atoms with van der Waals surface area (Å²) in [5.74, 6) is -0.0841. The normalized spacial score (nSPS) is 13.3. The van der Waals surface area contributed by atoms with Crippen LogP contribution < -0.4 is 5.32 Å². The molecule has 0 bridgehead atoms. The lowest BCUT2D eigenvalue weighted by molar-refractivity contribution is -0.137. The van der Waals surface area contributed by atoms with E-state index in [1.165, 1.54) is 12.2 Å². The van der Waals surface area contributed by atoms with E-state index in [9.17, 15) is 14.4 Å². The summed E-state index contributed by atoms with van der Waals surface area (Å²) in [5.41, 5.74) is 1.67. The molecule has 3 amide bonds. The van der Waals surface area contributed by atoms with Gasteiger partial charge in [-0.1, -0.05) is 24.3 Å². The predicted molar refractivity (Wildman–Crippen MR) is 90.1 cm³/mol. The van der Waals surface area contributed by atoms with Crippen molar-refractivity contribution < 1.29 is 14.4 Å². The van der Waals surface area contributed by atoms with Crippen LogP contribution in [0.25, 0.3) is 11.4 Å². The van der Waals surface area contributed by atoms with E-state index in [4.69, 9.17) is 0 Å². The van der Waals surface area contributed by atoms with E-state index in [1.54, 1.807) is 6.92 Å². The number of nitrogens with zero attached hydrogens (tertiary/aromatic N) is 5. The van der Waals surface area contributed by atoms with Crippen LogP contribution in [0.4, 0.5) is 0 Å². The molecule has 9 heteroatoms. The number of amides is 3. The minimum atomic E-state index is -0.388. The summed E-state index contributed by atoms with van der Waals surface area (Å²) in [5, 5.41) is 18.4. The Bertz CT molecular complexity index is 843. The SMILES string of the molecule is Cc1nnc(-c2ccc(CNC(=O)CCN3C(=O)C=CC3=O)cc2)nn1. The minimum Gasteiger partial charge on any atom is -0.352 e. The molecule has 1 N–H and O–H groups in total. The average molecular weight is 352 g/mol. The van der Waals surface area contributed by atoms with Gasteiger partial charge in [0.1, 0.15) is 0 Å². The van der Waals surface area contributed by atoms with Crippen molar-refractivity contribution in [3.8, 4) is 11.4 Å². The zero-order valence-electron chi connectivity index (χ0n) is 14.0. The lowest BCUT2D eigenvalue weighted by atomic mass is 10.1. The molecule has 1 aromatic heterocycles. The topological polar surface area (TPSA) is 118 Å². The van der Waals surface area contributed by atoms with E-state index in [0.717, 1.165) is 16.0 Å². The number of carbonyl (C=O) groups is 3. The summed E-state index contributed by atoms with van der Waals surface area (Å²) >= 11 is 0. The van der Waals surface area contributed by atoms with E-state index >= 15 is 0 Å². The molecular weight excluding hydrogens is 336 g/mol. The summed E-state index contributed by atoms with van der Waals surface area (Å²) in [6, 6.07) is 7.33. The molecular formula is C17H16N6O3. The largest absolute Gasteiger partial charge is 0.352 e. The molecule has 0 radical (unpaired) electrons. The Hall–Kier alpha value is -3.49. The number of hydrogen-bond acceptors (Lipinski definition) is 7. The van der Waals surface area contributed by atoms with Crippen LogP contribution in [0.5, 0.6) is 0 Å². The number of imide groups is 1. The van der Waals surface area contributed by atoms with Crippen LogP contribution in [-0.2, 0) is 20.9 Å². The highest BCUT2D eigenvalue weighted by atomic mass is 16.2. The zero-order chi connectivity index (χ0) is 18.5. The molecule has 1 aliphatic heterocycles. The van der Waals surface area contributed by atoms with E-state index in [-0.39, 0.29) is 30.7 Å². The number of nitrogens with one attached hydrogen (secondary N) is 1. The molecule has 132 valence electrons. The average Bonchev–Trinajstić information content (AvgIpc) is 2.97. The van der Waals surface area contributed by atoms with Gasteiger partial charge in [0.05, 0.1) is 0 Å². The van der Waals surface area contributed by atoms with Crippen molar-refractivity contribution in [1.82, 2.24) is 30.6 Å². The lowest BCUT2D eigenvalue weighted by Crippen LogP contribution is -2.34. The molecule has 0 fully saturated rings. The number of aryl methyl sites for hydroxylation is 1. The van der Waals surface area contributed by atoms with Crippen LogP contribution in [0.3, 0.4) is 0 Å². The molecule has 0 saturated heterocycles. The lowest BCUT2D eigenvalue weighted by Gasteiger charge is -2.13. The summed E-state index contributed by atoms with van der Waals surface area (Å²) < 4.78 is 0. The van der Waals surface area contributed by atoms with Gasteiger partial charge >= 0.3 is 0 Å². The van der Waals surface area contributed by atoms with E-state index < -0.39 is 0 Å². The van der Waals surface area contributed by atoms with Gasteiger partial charge in [0.2, 0.25) is 11.7 Å². The molecule has 0 atom stereocenters. The van der Waals surface area contributed by atoms with E-state index in [2.05, 4.69) is 25.7 Å². The standard InChI is InChI=1S/C17H16N6O3/c1-11-19-21-17(22-20-11)13-4-2-12(3-5-13)10-18-14(24)8-9-23-15(25)6-7-16(23)26/h2-7H,8-10H2,1H3,(H,18,24). The molecule has 0 unspecified atom stereocenters. The second kappa shape index (κ2) is 7.60. The second-order valence-corrected chi connectivity index (χ2v) is 5.66. The number of rotatable bonds is 6. The van der Waals surface area contributed by atoms with Crippen molar-refractivity contribution in [2.24, 2.45) is 0 Å². The maximum absolute atomic E-state index is 11.9. The number of hydrogen-bond donors (Lipinski definition) is 1. The fourth-order valence-corrected chi connectivity index (χ4v) is 2.32. The number of carbonyl (C=O) groups excluding carboxylic acids is 3. The van der Waals surface area contributed by atoms with Crippen molar-refractivity contribution in [3.63, 3.8) is 0 Å². The molecule has 0 spiro atoms. The third-order valence-electron chi connectivity index (χ3n) is 3.74. The molecule has 9 nitrogen and oxygen atoms in total. The van der Waals surface area contributed by atoms with Crippen molar-refractivity contribution >= 4 is 17.7 Å². The van der Waals surface area contributed by atoms with Crippen LogP contribution in [-0.4, -0.2) is 49.6 Å². The fourth-order valence-electron chi connectivity index (χ4n) is 2.32. The molecule has 0 saturated carbocycles. The van der Waals surface area contributed by atoms with Gasteiger partial charge in [0.15, 0.2) is 5.82 Å². The van der Waals surface area contributed by atoms with E-state index in [0.29, 0.717) is 18.2 Å². The van der Waals surface area contributed by atoms with Gasteiger partial charge in [0, 0.05) is 37.2 Å². The Kier molecular flexibility index (Phi) is 5.07. The fraction of sp³-hybridized carbons (Fsp3) is 0.235. The first-order chi connectivity index (χ1) is 12.5. The Morgan fingerprint density at radius 2 is 1.62 bits per heavy atom. The van der Waals surface area contributed by atoms with Gasteiger partial charge in [-0.15, -0.1) is 20.4 Å². The molecule has 2 aromatic rings. The Labute approximate surface area is 149 Å². The van der Waals surface area contributed by atoms with Gasteiger partial charge in [-0.3, -0.25) is 19.3 Å². The predicted octanol–water partition coefficient (Wildman–Crippen LogP) is 0.173. The first-order valence-corrected chi connectivity index (χ1v) is 7.96. The number of benzene rings is 1. The molecule has 3 rings (SSSR count). The van der Waals surface area contributed by atoms with Crippen molar-refractivity contribution in [2.45, 2.75) is 19.9 Å². The van der Waals surface area contributed by atoms with Crippen molar-refractivity contribution in [1.29, 1.82) is 0 Å². The molecule has 1 aromatic carbocycles. The summed E-state index contributed by atoms with van der Waals surface area (Å²) in [6.07, 6.45) is 2.46. The molecule has 1 aliphatic rings. The quantitative estimate of drug-likeness (QED) is 0.736. The van der Waals surface area contributed by atoms with Crippen molar-refractivity contribution in [2.75, 3.05) is 6.54 Å². The summed E-state index contributed by atoms with van der Waals surface area (Å²) in [6.45, 7) is 2.12. The van der Waals surface area contributed by atoms with Crippen molar-refractivity contribution in [3.05, 3.63) is 47.8 Å². The Morgan fingerprint density at radius 3 is 2.23 bits per heavy atom. The Balaban J connectivity index is 1.48. The third-order valence-corrected chi connectivity index (χ3v) is 3.74. The van der Waals surface area contributed by atoms with Crippen LogP contribution in [0.2, 0.25) is 0 Å². The summed E-state index contributed by atoms with van der Waals surface area (Å²) in [7, 11) is 0.